The number of aliphatic hydroxyl groups excluding tert-OH is 1. The fraction of sp³-hybridized carbons (Fsp3) is 0.750. The van der Waals surface area contributed by atoms with Crippen LogP contribution in [0.1, 0.15) is 6.42 Å². The van der Waals surface area contributed by atoms with Crippen molar-refractivity contribution in [2.75, 3.05) is 6.61 Å². The van der Waals surface area contributed by atoms with Gasteiger partial charge in [-0.25, -0.2) is 0 Å². The van der Waals surface area contributed by atoms with Gasteiger partial charge in [0, 0.05) is 6.42 Å². The minimum atomic E-state index is -0.872. The molecule has 0 bridgehead atoms. The van der Waals surface area contributed by atoms with Crippen LogP contribution in [0.4, 0.5) is 0 Å². The molecule has 0 aromatic heterocycles. The van der Waals surface area contributed by atoms with Crippen LogP contribution >= 0.6 is 0 Å². The number of nitrogens with zero attached hydrogens (tertiary/aromatic N) is 1. The second kappa shape index (κ2) is 4.37. The van der Waals surface area contributed by atoms with E-state index >= 15 is 0 Å². The van der Waals surface area contributed by atoms with Gasteiger partial charge >= 0.3 is 0 Å². The Morgan fingerprint density at radius 1 is 1.88 bits per heavy atom. The van der Waals surface area contributed by atoms with Crippen LogP contribution in [0.25, 0.3) is 0 Å². The summed E-state index contributed by atoms with van der Waals surface area (Å²) in [4.78, 5) is 0. The van der Waals surface area contributed by atoms with Gasteiger partial charge in [-0.1, -0.05) is 0 Å². The van der Waals surface area contributed by atoms with Crippen molar-refractivity contribution in [3.8, 4) is 6.26 Å². The maximum absolute atomic E-state index is 8.37. The number of ether oxygens (including phenoxy) is 1. The van der Waals surface area contributed by atoms with Crippen molar-refractivity contribution in [1.29, 1.82) is 5.26 Å². The van der Waals surface area contributed by atoms with Crippen LogP contribution in [0.2, 0.25) is 0 Å². The summed E-state index contributed by atoms with van der Waals surface area (Å²) in [5.74, 6) is 0. The molecule has 0 rings (SSSR count). The van der Waals surface area contributed by atoms with Gasteiger partial charge in [-0.15, -0.1) is 0 Å². The molecule has 0 saturated carbocycles. The highest BCUT2D eigenvalue weighted by atomic mass is 16.5. The summed E-state index contributed by atoms with van der Waals surface area (Å²) in [6.45, 7) is 0.189. The summed E-state index contributed by atoms with van der Waals surface area (Å²) in [5, 5.41) is 16.2. The molecule has 0 aliphatic heterocycles. The lowest BCUT2D eigenvalue weighted by Crippen LogP contribution is -2.20. The largest absolute Gasteiger partial charge is 0.427 e. The van der Waals surface area contributed by atoms with Crippen molar-refractivity contribution in [2.24, 2.45) is 5.73 Å². The van der Waals surface area contributed by atoms with Gasteiger partial charge in [0.25, 0.3) is 6.26 Å². The lowest BCUT2D eigenvalue weighted by atomic mass is 10.4. The van der Waals surface area contributed by atoms with Crippen LogP contribution in [0.3, 0.4) is 0 Å². The molecule has 0 amide bonds. The van der Waals surface area contributed by atoms with Crippen molar-refractivity contribution in [3.63, 3.8) is 0 Å². The molecule has 0 aromatic carbocycles. The van der Waals surface area contributed by atoms with E-state index in [0.29, 0.717) is 6.42 Å². The minimum absolute atomic E-state index is 0.189. The standard InChI is InChI=1S/C4H8N2O2/c5-3-8-2-1-4(6)7/h4,7H,1-2,6H2. The highest BCUT2D eigenvalue weighted by molar-refractivity contribution is 4.49. The monoisotopic (exact) mass is 116 g/mol. The maximum atomic E-state index is 8.37. The van der Waals surface area contributed by atoms with Crippen LogP contribution in [-0.2, 0) is 4.74 Å². The van der Waals surface area contributed by atoms with E-state index in [1.807, 2.05) is 0 Å². The van der Waals surface area contributed by atoms with E-state index in [0.717, 1.165) is 0 Å². The Kier molecular flexibility index (Phi) is 3.94. The number of rotatable bonds is 3. The second-order valence-electron chi connectivity index (χ2n) is 1.30. The first-order valence-electron chi connectivity index (χ1n) is 2.22. The van der Waals surface area contributed by atoms with Crippen molar-refractivity contribution < 1.29 is 9.84 Å². The molecule has 8 heavy (non-hydrogen) atoms. The summed E-state index contributed by atoms with van der Waals surface area (Å²) < 4.78 is 4.21. The Balaban J connectivity index is 2.85. The normalized spacial score (nSPS) is 12.1. The van der Waals surface area contributed by atoms with Gasteiger partial charge in [-0.05, 0) is 0 Å². The number of nitrogens with two attached hydrogens (primary N) is 1. The topological polar surface area (TPSA) is 79.3 Å². The van der Waals surface area contributed by atoms with Gasteiger partial charge in [0.1, 0.15) is 12.8 Å². The Hall–Kier alpha value is -0.790. The Labute approximate surface area is 47.5 Å². The maximum Gasteiger partial charge on any atom is 0.286 e. The van der Waals surface area contributed by atoms with Gasteiger partial charge in [0.15, 0.2) is 0 Å². The van der Waals surface area contributed by atoms with Gasteiger partial charge in [0.05, 0.1) is 0 Å². The van der Waals surface area contributed by atoms with Gasteiger partial charge in [0.2, 0.25) is 0 Å². The average Bonchev–Trinajstić information content (AvgIpc) is 1.66. The van der Waals surface area contributed by atoms with Gasteiger partial charge in [-0.2, -0.15) is 5.26 Å². The highest BCUT2D eigenvalue weighted by Gasteiger charge is 1.92. The smallest absolute Gasteiger partial charge is 0.286 e. The molecule has 46 valence electrons. The van der Waals surface area contributed by atoms with E-state index in [4.69, 9.17) is 16.1 Å². The molecule has 0 saturated heterocycles. The first-order valence-corrected chi connectivity index (χ1v) is 2.22. The van der Waals surface area contributed by atoms with E-state index in [1.54, 1.807) is 0 Å². The Morgan fingerprint density at radius 3 is 2.88 bits per heavy atom. The van der Waals surface area contributed by atoms with E-state index in [-0.39, 0.29) is 6.61 Å². The molecule has 0 spiro atoms. The molecular weight excluding hydrogens is 108 g/mol. The van der Waals surface area contributed by atoms with Crippen LogP contribution in [0.5, 0.6) is 0 Å². The predicted octanol–water partition coefficient (Wildman–Crippen LogP) is -0.849. The third-order valence-electron chi connectivity index (χ3n) is 0.580. The van der Waals surface area contributed by atoms with Crippen molar-refractivity contribution in [2.45, 2.75) is 12.6 Å². The van der Waals surface area contributed by atoms with Crippen LogP contribution < -0.4 is 5.73 Å². The van der Waals surface area contributed by atoms with E-state index in [1.165, 1.54) is 6.26 Å². The summed E-state index contributed by atoms with van der Waals surface area (Å²) >= 11 is 0. The average molecular weight is 116 g/mol. The van der Waals surface area contributed by atoms with Gasteiger partial charge < -0.3 is 15.6 Å². The van der Waals surface area contributed by atoms with E-state index in [9.17, 15) is 0 Å². The Bertz CT molecular complexity index is 86.5. The number of aliphatic hydroxyl groups is 1. The molecule has 0 aliphatic carbocycles. The molecule has 4 nitrogen and oxygen atoms in total. The Morgan fingerprint density at radius 2 is 2.50 bits per heavy atom. The molecule has 0 aliphatic rings. The fourth-order valence-corrected chi connectivity index (χ4v) is 0.225. The van der Waals surface area contributed by atoms with Crippen molar-refractivity contribution in [1.82, 2.24) is 0 Å². The van der Waals surface area contributed by atoms with Crippen LogP contribution in [-0.4, -0.2) is 17.9 Å². The molecule has 0 fully saturated rings. The molecule has 4 heteroatoms. The van der Waals surface area contributed by atoms with Crippen LogP contribution in [0, 0.1) is 11.5 Å². The number of hydrogen-bond acceptors (Lipinski definition) is 4. The highest BCUT2D eigenvalue weighted by Crippen LogP contribution is 1.81. The van der Waals surface area contributed by atoms with Crippen molar-refractivity contribution >= 4 is 0 Å². The zero-order valence-corrected chi connectivity index (χ0v) is 4.37. The zero-order valence-electron chi connectivity index (χ0n) is 4.37. The lowest BCUT2D eigenvalue weighted by molar-refractivity contribution is 0.135. The molecule has 1 atom stereocenters. The zero-order chi connectivity index (χ0) is 6.41. The number of hydrogen-bond donors (Lipinski definition) is 2. The minimum Gasteiger partial charge on any atom is -0.427 e. The van der Waals surface area contributed by atoms with Gasteiger partial charge in [-0.3, -0.25) is 0 Å². The SMILES string of the molecule is N#COCCC(N)O. The molecular formula is C4H8N2O2. The summed E-state index contributed by atoms with van der Waals surface area (Å²) in [5.41, 5.74) is 4.90. The lowest BCUT2D eigenvalue weighted by Gasteiger charge is -1.98. The third-order valence-corrected chi connectivity index (χ3v) is 0.580. The molecule has 0 heterocycles. The quantitative estimate of drug-likeness (QED) is 0.286. The first kappa shape index (κ1) is 7.21. The number of nitriles is 1. The third kappa shape index (κ3) is 5.21. The van der Waals surface area contributed by atoms with Crippen LogP contribution in [0.15, 0.2) is 0 Å². The predicted molar refractivity (Wildman–Crippen MR) is 26.4 cm³/mol. The van der Waals surface area contributed by atoms with E-state index < -0.39 is 6.23 Å². The molecule has 0 aromatic rings. The molecule has 0 radical (unpaired) electrons. The first-order chi connectivity index (χ1) is 3.77. The van der Waals surface area contributed by atoms with Crippen molar-refractivity contribution in [3.05, 3.63) is 0 Å². The summed E-state index contributed by atoms with van der Waals surface area (Å²) in [6.07, 6.45) is 0.884. The molecule has 3 N–H and O–H groups in total. The summed E-state index contributed by atoms with van der Waals surface area (Å²) in [7, 11) is 0. The van der Waals surface area contributed by atoms with E-state index in [2.05, 4.69) is 4.74 Å². The second-order valence-corrected chi connectivity index (χ2v) is 1.30. The fourth-order valence-electron chi connectivity index (χ4n) is 0.225. The summed E-state index contributed by atoms with van der Waals surface area (Å²) in [6, 6.07) is 0. The molecule has 1 unspecified atom stereocenters.